The first kappa shape index (κ1) is 15.8. The van der Waals surface area contributed by atoms with Gasteiger partial charge in [0.1, 0.15) is 0 Å². The highest BCUT2D eigenvalue weighted by atomic mass is 16.5. The van der Waals surface area contributed by atoms with E-state index in [0.29, 0.717) is 30.9 Å². The smallest absolute Gasteiger partial charge is 0.256 e. The highest BCUT2D eigenvalue weighted by molar-refractivity contribution is 5.32. The molecule has 0 bridgehead atoms. The second kappa shape index (κ2) is 7.97. The Hall–Kier alpha value is -2.07. The van der Waals surface area contributed by atoms with Crippen molar-refractivity contribution in [2.75, 3.05) is 26.3 Å². The van der Waals surface area contributed by atoms with Gasteiger partial charge in [0.15, 0.2) is 5.75 Å². The van der Waals surface area contributed by atoms with Gasteiger partial charge in [-0.25, -0.2) is 4.98 Å². The Morgan fingerprint density at radius 1 is 1.13 bits per heavy atom. The van der Waals surface area contributed by atoms with Crippen LogP contribution in [0.3, 0.4) is 0 Å². The van der Waals surface area contributed by atoms with Gasteiger partial charge in [0, 0.05) is 18.7 Å². The van der Waals surface area contributed by atoms with Gasteiger partial charge in [0.25, 0.3) is 5.88 Å². The fourth-order valence-electron chi connectivity index (χ4n) is 3.17. The van der Waals surface area contributed by atoms with Gasteiger partial charge in [-0.15, -0.1) is 0 Å². The van der Waals surface area contributed by atoms with Gasteiger partial charge in [0.2, 0.25) is 0 Å². The molecule has 23 heavy (non-hydrogen) atoms. The SMILES string of the molecule is CCOc1cccnc1OC[C@@H]1CNCC[C@H]1c1ccccc1. The third kappa shape index (κ3) is 4.02. The summed E-state index contributed by atoms with van der Waals surface area (Å²) in [5.74, 6) is 2.26. The van der Waals surface area contributed by atoms with E-state index in [1.165, 1.54) is 5.56 Å². The predicted molar refractivity (Wildman–Crippen MR) is 91.1 cm³/mol. The Morgan fingerprint density at radius 3 is 2.83 bits per heavy atom. The summed E-state index contributed by atoms with van der Waals surface area (Å²) in [6.45, 7) is 5.25. The van der Waals surface area contributed by atoms with Crippen molar-refractivity contribution in [3.8, 4) is 11.6 Å². The normalized spacial score (nSPS) is 20.9. The van der Waals surface area contributed by atoms with Crippen LogP contribution in [0.1, 0.15) is 24.8 Å². The van der Waals surface area contributed by atoms with Crippen LogP contribution in [0.5, 0.6) is 11.6 Å². The molecule has 0 amide bonds. The average molecular weight is 312 g/mol. The van der Waals surface area contributed by atoms with Crippen molar-refractivity contribution < 1.29 is 9.47 Å². The molecular formula is C19H24N2O2. The third-order valence-electron chi connectivity index (χ3n) is 4.31. The van der Waals surface area contributed by atoms with Gasteiger partial charge in [-0.1, -0.05) is 30.3 Å². The zero-order valence-electron chi connectivity index (χ0n) is 13.6. The number of rotatable bonds is 6. The Kier molecular flexibility index (Phi) is 5.48. The highest BCUT2D eigenvalue weighted by Crippen LogP contribution is 2.31. The zero-order chi connectivity index (χ0) is 15.9. The summed E-state index contributed by atoms with van der Waals surface area (Å²) in [5.41, 5.74) is 1.40. The summed E-state index contributed by atoms with van der Waals surface area (Å²) in [6.07, 6.45) is 2.88. The number of hydrogen-bond donors (Lipinski definition) is 1. The fourth-order valence-corrected chi connectivity index (χ4v) is 3.17. The molecule has 1 aromatic carbocycles. The van der Waals surface area contributed by atoms with Crippen molar-refractivity contribution in [2.24, 2.45) is 5.92 Å². The quantitative estimate of drug-likeness (QED) is 0.889. The molecule has 3 rings (SSSR count). The summed E-state index contributed by atoms with van der Waals surface area (Å²) >= 11 is 0. The van der Waals surface area contributed by atoms with Gasteiger partial charge >= 0.3 is 0 Å². The van der Waals surface area contributed by atoms with E-state index < -0.39 is 0 Å². The Morgan fingerprint density at radius 2 is 2.00 bits per heavy atom. The van der Waals surface area contributed by atoms with E-state index in [0.717, 1.165) is 25.3 Å². The molecule has 2 aromatic rings. The van der Waals surface area contributed by atoms with Crippen molar-refractivity contribution in [2.45, 2.75) is 19.3 Å². The predicted octanol–water partition coefficient (Wildman–Crippen LogP) is 3.25. The first-order valence-corrected chi connectivity index (χ1v) is 8.34. The van der Waals surface area contributed by atoms with Crippen LogP contribution in [0, 0.1) is 5.92 Å². The molecule has 1 aromatic heterocycles. The highest BCUT2D eigenvalue weighted by Gasteiger charge is 2.27. The minimum atomic E-state index is 0.433. The van der Waals surface area contributed by atoms with Crippen LogP contribution in [-0.2, 0) is 0 Å². The van der Waals surface area contributed by atoms with Gasteiger partial charge in [-0.3, -0.25) is 0 Å². The molecule has 1 saturated heterocycles. The maximum absolute atomic E-state index is 6.00. The van der Waals surface area contributed by atoms with Crippen LogP contribution in [0.2, 0.25) is 0 Å². The number of hydrogen-bond acceptors (Lipinski definition) is 4. The molecular weight excluding hydrogens is 288 g/mol. The molecule has 1 aliphatic rings. The third-order valence-corrected chi connectivity index (χ3v) is 4.31. The number of aromatic nitrogens is 1. The lowest BCUT2D eigenvalue weighted by Crippen LogP contribution is -2.38. The summed E-state index contributed by atoms with van der Waals surface area (Å²) in [5, 5.41) is 3.48. The number of nitrogens with zero attached hydrogens (tertiary/aromatic N) is 1. The molecule has 1 fully saturated rings. The number of nitrogens with one attached hydrogen (secondary N) is 1. The molecule has 122 valence electrons. The summed E-state index contributed by atoms with van der Waals surface area (Å²) < 4.78 is 11.6. The summed E-state index contributed by atoms with van der Waals surface area (Å²) in [7, 11) is 0. The van der Waals surface area contributed by atoms with Crippen molar-refractivity contribution in [1.29, 1.82) is 0 Å². The molecule has 2 heterocycles. The van der Waals surface area contributed by atoms with Crippen LogP contribution in [0.25, 0.3) is 0 Å². The Bertz CT molecular complexity index is 603. The van der Waals surface area contributed by atoms with E-state index in [4.69, 9.17) is 9.47 Å². The maximum Gasteiger partial charge on any atom is 0.256 e. The second-order valence-electron chi connectivity index (χ2n) is 5.82. The van der Waals surface area contributed by atoms with Crippen molar-refractivity contribution in [3.05, 3.63) is 54.2 Å². The largest absolute Gasteiger partial charge is 0.488 e. The molecule has 0 radical (unpaired) electrons. The molecule has 1 aliphatic heterocycles. The lowest BCUT2D eigenvalue weighted by molar-refractivity contribution is 0.183. The lowest BCUT2D eigenvalue weighted by atomic mass is 9.81. The van der Waals surface area contributed by atoms with Crippen molar-refractivity contribution in [3.63, 3.8) is 0 Å². The van der Waals surface area contributed by atoms with Gasteiger partial charge in [-0.2, -0.15) is 0 Å². The lowest BCUT2D eigenvalue weighted by Gasteiger charge is -2.32. The van der Waals surface area contributed by atoms with Crippen LogP contribution < -0.4 is 14.8 Å². The van der Waals surface area contributed by atoms with E-state index >= 15 is 0 Å². The molecule has 0 spiro atoms. The van der Waals surface area contributed by atoms with Crippen LogP contribution in [-0.4, -0.2) is 31.3 Å². The topological polar surface area (TPSA) is 43.4 Å². The van der Waals surface area contributed by atoms with Crippen LogP contribution in [0.4, 0.5) is 0 Å². The molecule has 4 heteroatoms. The number of benzene rings is 1. The zero-order valence-corrected chi connectivity index (χ0v) is 13.6. The first-order chi connectivity index (χ1) is 11.4. The van der Waals surface area contributed by atoms with E-state index in [1.54, 1.807) is 6.20 Å². The monoisotopic (exact) mass is 312 g/mol. The van der Waals surface area contributed by atoms with Gasteiger partial charge < -0.3 is 14.8 Å². The van der Waals surface area contributed by atoms with Gasteiger partial charge in [-0.05, 0) is 43.5 Å². The number of ether oxygens (including phenoxy) is 2. The summed E-state index contributed by atoms with van der Waals surface area (Å²) in [4.78, 5) is 4.31. The van der Waals surface area contributed by atoms with Crippen LogP contribution in [0.15, 0.2) is 48.7 Å². The molecule has 2 atom stereocenters. The van der Waals surface area contributed by atoms with Gasteiger partial charge in [0.05, 0.1) is 13.2 Å². The maximum atomic E-state index is 6.00. The van der Waals surface area contributed by atoms with E-state index in [1.807, 2.05) is 19.1 Å². The first-order valence-electron chi connectivity index (χ1n) is 8.34. The van der Waals surface area contributed by atoms with E-state index in [2.05, 4.69) is 40.6 Å². The van der Waals surface area contributed by atoms with Crippen molar-refractivity contribution in [1.82, 2.24) is 10.3 Å². The molecule has 0 unspecified atom stereocenters. The second-order valence-corrected chi connectivity index (χ2v) is 5.82. The molecule has 0 saturated carbocycles. The van der Waals surface area contributed by atoms with Crippen LogP contribution >= 0.6 is 0 Å². The Labute approximate surface area is 137 Å². The molecule has 4 nitrogen and oxygen atoms in total. The number of piperidine rings is 1. The molecule has 1 N–H and O–H groups in total. The Balaban J connectivity index is 1.68. The van der Waals surface area contributed by atoms with E-state index in [-0.39, 0.29) is 0 Å². The van der Waals surface area contributed by atoms with Crippen molar-refractivity contribution >= 4 is 0 Å². The minimum Gasteiger partial charge on any atom is -0.488 e. The fraction of sp³-hybridized carbons (Fsp3) is 0.421. The van der Waals surface area contributed by atoms with E-state index in [9.17, 15) is 0 Å². The standard InChI is InChI=1S/C19H24N2O2/c1-2-22-18-9-6-11-21-19(18)23-14-16-13-20-12-10-17(16)15-7-4-3-5-8-15/h3-9,11,16-17,20H,2,10,12-14H2,1H3/t16-,17-/m0/s1. The minimum absolute atomic E-state index is 0.433. The number of pyridine rings is 1. The summed E-state index contributed by atoms with van der Waals surface area (Å²) in [6, 6.07) is 14.5. The average Bonchev–Trinajstić information content (AvgIpc) is 2.62. The molecule has 0 aliphatic carbocycles.